The van der Waals surface area contributed by atoms with Crippen molar-refractivity contribution in [1.82, 2.24) is 9.80 Å². The number of benzene rings is 1. The van der Waals surface area contributed by atoms with Crippen molar-refractivity contribution < 1.29 is 19.3 Å². The molecular formula is C18H21N3O5S. The highest BCUT2D eigenvalue weighted by atomic mass is 32.2. The van der Waals surface area contributed by atoms with E-state index >= 15 is 0 Å². The van der Waals surface area contributed by atoms with Crippen LogP contribution in [0, 0.1) is 10.1 Å². The molecule has 0 bridgehead atoms. The van der Waals surface area contributed by atoms with Crippen molar-refractivity contribution in [3.63, 3.8) is 0 Å². The van der Waals surface area contributed by atoms with Crippen molar-refractivity contribution in [2.24, 2.45) is 0 Å². The van der Waals surface area contributed by atoms with Crippen molar-refractivity contribution in [3.05, 3.63) is 44.8 Å². The zero-order valence-electron chi connectivity index (χ0n) is 15.2. The highest BCUT2D eigenvalue weighted by Crippen LogP contribution is 2.32. The van der Waals surface area contributed by atoms with Crippen LogP contribution in [0.15, 0.2) is 29.2 Å². The molecule has 27 heavy (non-hydrogen) atoms. The van der Waals surface area contributed by atoms with Crippen molar-refractivity contribution in [2.45, 2.75) is 26.7 Å². The van der Waals surface area contributed by atoms with E-state index < -0.39 is 16.1 Å². The molecular weight excluding hydrogens is 370 g/mol. The Labute approximate surface area is 161 Å². The number of nitro groups is 1. The second kappa shape index (κ2) is 9.31. The smallest absolute Gasteiger partial charge is 0.294 e. The molecule has 144 valence electrons. The van der Waals surface area contributed by atoms with E-state index in [1.54, 1.807) is 11.0 Å². The van der Waals surface area contributed by atoms with E-state index in [4.69, 9.17) is 0 Å². The molecule has 0 atom stereocenters. The highest BCUT2D eigenvalue weighted by Gasteiger charge is 2.37. The van der Waals surface area contributed by atoms with Gasteiger partial charge in [-0.15, -0.1) is 0 Å². The standard InChI is InChI=1S/C18H21N3O5S/c1-3-8-19(9-4-2)16(22)12-20-17(23)15(27-18(20)24)11-13-6-5-7-14(10-13)21(25)26/h5-7,10-11H,3-4,8-9,12H2,1-2H3/b15-11-. The van der Waals surface area contributed by atoms with Crippen LogP contribution in [0.1, 0.15) is 32.3 Å². The number of hydrogen-bond donors (Lipinski definition) is 0. The molecule has 0 N–H and O–H groups in total. The largest absolute Gasteiger partial charge is 0.341 e. The fourth-order valence-corrected chi connectivity index (χ4v) is 3.49. The summed E-state index contributed by atoms with van der Waals surface area (Å²) in [6.07, 6.45) is 3.01. The summed E-state index contributed by atoms with van der Waals surface area (Å²) in [4.78, 5) is 50.2. The Morgan fingerprint density at radius 1 is 1.26 bits per heavy atom. The van der Waals surface area contributed by atoms with Gasteiger partial charge < -0.3 is 4.90 Å². The molecule has 1 aromatic carbocycles. The number of thioether (sulfide) groups is 1. The molecule has 0 radical (unpaired) electrons. The van der Waals surface area contributed by atoms with Gasteiger partial charge in [0.1, 0.15) is 6.54 Å². The van der Waals surface area contributed by atoms with E-state index in [1.165, 1.54) is 24.3 Å². The molecule has 1 aliphatic heterocycles. The number of imide groups is 1. The monoisotopic (exact) mass is 391 g/mol. The minimum absolute atomic E-state index is 0.104. The normalized spacial score (nSPS) is 15.5. The number of carbonyl (C=O) groups excluding carboxylic acids is 3. The van der Waals surface area contributed by atoms with E-state index in [0.717, 1.165) is 29.5 Å². The zero-order valence-corrected chi connectivity index (χ0v) is 16.0. The summed E-state index contributed by atoms with van der Waals surface area (Å²) in [5.41, 5.74) is 0.340. The van der Waals surface area contributed by atoms with Crippen LogP contribution in [0.25, 0.3) is 6.08 Å². The van der Waals surface area contributed by atoms with Crippen molar-refractivity contribution >= 4 is 40.6 Å². The van der Waals surface area contributed by atoms with Gasteiger partial charge in [-0.2, -0.15) is 0 Å². The summed E-state index contributed by atoms with van der Waals surface area (Å²) < 4.78 is 0. The SMILES string of the molecule is CCCN(CCC)C(=O)CN1C(=O)S/C(=C\c2cccc([N+](=O)[O-])c2)C1=O. The Morgan fingerprint density at radius 2 is 1.93 bits per heavy atom. The van der Waals surface area contributed by atoms with Crippen LogP contribution >= 0.6 is 11.8 Å². The van der Waals surface area contributed by atoms with Crippen LogP contribution in [-0.2, 0) is 9.59 Å². The number of amides is 3. The molecule has 0 saturated carbocycles. The summed E-state index contributed by atoms with van der Waals surface area (Å²) in [7, 11) is 0. The van der Waals surface area contributed by atoms with Gasteiger partial charge in [-0.1, -0.05) is 26.0 Å². The molecule has 9 heteroatoms. The molecule has 1 aliphatic rings. The maximum Gasteiger partial charge on any atom is 0.294 e. The number of carbonyl (C=O) groups is 3. The third kappa shape index (κ3) is 5.16. The van der Waals surface area contributed by atoms with E-state index in [2.05, 4.69) is 0 Å². The summed E-state index contributed by atoms with van der Waals surface area (Å²) in [6.45, 7) is 4.77. The lowest BCUT2D eigenvalue weighted by molar-refractivity contribution is -0.384. The molecule has 0 aliphatic carbocycles. The van der Waals surface area contributed by atoms with Crippen molar-refractivity contribution in [2.75, 3.05) is 19.6 Å². The van der Waals surface area contributed by atoms with E-state index in [1.807, 2.05) is 13.8 Å². The third-order valence-corrected chi connectivity index (χ3v) is 4.79. The topological polar surface area (TPSA) is 101 Å². The molecule has 2 rings (SSSR count). The van der Waals surface area contributed by atoms with Crippen molar-refractivity contribution in [1.29, 1.82) is 0 Å². The summed E-state index contributed by atoms with van der Waals surface area (Å²) in [5.74, 6) is -0.824. The second-order valence-corrected chi connectivity index (χ2v) is 6.99. The quantitative estimate of drug-likeness (QED) is 0.383. The lowest BCUT2D eigenvalue weighted by Crippen LogP contribution is -2.42. The van der Waals surface area contributed by atoms with Gasteiger partial charge in [0.05, 0.1) is 9.83 Å². The fraction of sp³-hybridized carbons (Fsp3) is 0.389. The summed E-state index contributed by atoms with van der Waals surface area (Å²) in [6, 6.07) is 5.78. The van der Waals surface area contributed by atoms with E-state index in [-0.39, 0.29) is 23.0 Å². The highest BCUT2D eigenvalue weighted by molar-refractivity contribution is 8.18. The molecule has 8 nitrogen and oxygen atoms in total. The van der Waals surface area contributed by atoms with Gasteiger partial charge in [0, 0.05) is 25.2 Å². The molecule has 0 spiro atoms. The average molecular weight is 391 g/mol. The average Bonchev–Trinajstić information content (AvgIpc) is 2.89. The van der Waals surface area contributed by atoms with E-state index in [0.29, 0.717) is 18.7 Å². The number of rotatable bonds is 8. The maximum atomic E-state index is 12.5. The van der Waals surface area contributed by atoms with Gasteiger partial charge in [-0.25, -0.2) is 0 Å². The first kappa shape index (κ1) is 20.6. The Bertz CT molecular complexity index is 787. The van der Waals surface area contributed by atoms with E-state index in [9.17, 15) is 24.5 Å². The summed E-state index contributed by atoms with van der Waals surface area (Å²) >= 11 is 0.729. The first-order valence-corrected chi connectivity index (χ1v) is 9.46. The molecule has 3 amide bonds. The fourth-order valence-electron chi connectivity index (χ4n) is 2.65. The van der Waals surface area contributed by atoms with Crippen molar-refractivity contribution in [3.8, 4) is 0 Å². The van der Waals surface area contributed by atoms with Gasteiger partial charge >= 0.3 is 0 Å². The number of nitro benzene ring substituents is 1. The first-order chi connectivity index (χ1) is 12.9. The summed E-state index contributed by atoms with van der Waals surface area (Å²) in [5, 5.41) is 10.3. The first-order valence-electron chi connectivity index (χ1n) is 8.65. The van der Waals surface area contributed by atoms with Crippen LogP contribution in [-0.4, -0.2) is 51.4 Å². The number of hydrogen-bond acceptors (Lipinski definition) is 6. The predicted molar refractivity (Wildman–Crippen MR) is 103 cm³/mol. The van der Waals surface area contributed by atoms with Crippen LogP contribution in [0.4, 0.5) is 10.5 Å². The minimum Gasteiger partial charge on any atom is -0.341 e. The number of nitrogens with zero attached hydrogens (tertiary/aromatic N) is 3. The van der Waals surface area contributed by atoms with Gasteiger partial charge in [0.15, 0.2) is 0 Å². The van der Waals surface area contributed by atoms with Crippen LogP contribution in [0.5, 0.6) is 0 Å². The lowest BCUT2D eigenvalue weighted by Gasteiger charge is -2.23. The van der Waals surface area contributed by atoms with Gasteiger partial charge in [0.25, 0.3) is 16.8 Å². The van der Waals surface area contributed by atoms with Gasteiger partial charge in [-0.05, 0) is 36.2 Å². The molecule has 0 unspecified atom stereocenters. The van der Waals surface area contributed by atoms with Crippen LogP contribution in [0.3, 0.4) is 0 Å². The molecule has 1 aromatic rings. The Morgan fingerprint density at radius 3 is 2.52 bits per heavy atom. The minimum atomic E-state index is -0.558. The Hall–Kier alpha value is -2.68. The zero-order chi connectivity index (χ0) is 20.0. The molecule has 1 heterocycles. The molecule has 0 aromatic heterocycles. The molecule has 1 fully saturated rings. The Balaban J connectivity index is 2.15. The van der Waals surface area contributed by atoms with Gasteiger partial charge in [0.2, 0.25) is 5.91 Å². The lowest BCUT2D eigenvalue weighted by atomic mass is 10.2. The van der Waals surface area contributed by atoms with Gasteiger partial charge in [-0.3, -0.25) is 29.4 Å². The third-order valence-electron chi connectivity index (χ3n) is 3.89. The maximum absolute atomic E-state index is 12.5. The van der Waals surface area contributed by atoms with Crippen LogP contribution in [0.2, 0.25) is 0 Å². The Kier molecular flexibility index (Phi) is 7.12. The predicted octanol–water partition coefficient (Wildman–Crippen LogP) is 3.28. The molecule has 1 saturated heterocycles. The number of non-ortho nitro benzene ring substituents is 1. The second-order valence-electron chi connectivity index (χ2n) is 6.00. The van der Waals surface area contributed by atoms with Crippen LogP contribution < -0.4 is 0 Å².